The van der Waals surface area contributed by atoms with Gasteiger partial charge in [0.25, 0.3) is 21.7 Å². The van der Waals surface area contributed by atoms with Crippen LogP contribution < -0.4 is 5.32 Å². The van der Waals surface area contributed by atoms with Gasteiger partial charge in [0, 0.05) is 22.6 Å². The van der Waals surface area contributed by atoms with Crippen LogP contribution in [-0.4, -0.2) is 28.9 Å². The fraction of sp³-hybridized carbons (Fsp3) is 0.0556. The Kier molecular flexibility index (Phi) is 4.75. The van der Waals surface area contributed by atoms with Crippen LogP contribution in [0, 0.1) is 17.0 Å². The zero-order valence-corrected chi connectivity index (χ0v) is 15.2. The lowest BCUT2D eigenvalue weighted by Gasteiger charge is -2.12. The number of carbonyl (C=O) groups excluding carboxylic acids is 1. The number of phenolic OH excluding ortho intramolecular Hbond substituents is 1. The highest BCUT2D eigenvalue weighted by Crippen LogP contribution is 2.37. The maximum Gasteiger partial charge on any atom is 0.298 e. The van der Waals surface area contributed by atoms with Gasteiger partial charge < -0.3 is 10.4 Å². The maximum absolute atomic E-state index is 12.6. The lowest BCUT2D eigenvalue weighted by molar-refractivity contribution is -0.385. The molecule has 0 heterocycles. The number of phenols is 1. The van der Waals surface area contributed by atoms with Crippen LogP contribution in [-0.2, 0) is 10.1 Å². The molecule has 144 valence electrons. The minimum absolute atomic E-state index is 0.00702. The highest BCUT2D eigenvalue weighted by molar-refractivity contribution is 7.86. The van der Waals surface area contributed by atoms with Crippen molar-refractivity contribution in [2.24, 2.45) is 0 Å². The molecule has 0 aliphatic rings. The number of aryl methyl sites for hydroxylation is 1. The molecule has 0 saturated heterocycles. The van der Waals surface area contributed by atoms with Crippen LogP contribution >= 0.6 is 0 Å². The third-order valence-electron chi connectivity index (χ3n) is 4.18. The minimum Gasteiger partial charge on any atom is -0.506 e. The van der Waals surface area contributed by atoms with Gasteiger partial charge in [0.1, 0.15) is 10.6 Å². The second kappa shape index (κ2) is 6.91. The molecule has 0 aliphatic heterocycles. The van der Waals surface area contributed by atoms with Gasteiger partial charge in [-0.3, -0.25) is 19.5 Å². The molecule has 10 heteroatoms. The van der Waals surface area contributed by atoms with Crippen molar-refractivity contribution in [3.8, 4) is 5.75 Å². The molecule has 0 unspecified atom stereocenters. The standard InChI is InChI=1S/C18H14N2O7S/c1-10-5-6-12(9-14(10)20(23)24)18(22)19-13-4-2-3-11-7-8-15(28(25,26)27)17(21)16(11)13/h2-9,21H,1H3,(H,19,22)(H,25,26,27). The topological polar surface area (TPSA) is 147 Å². The van der Waals surface area contributed by atoms with Gasteiger partial charge in [-0.25, -0.2) is 0 Å². The first-order chi connectivity index (χ1) is 13.1. The van der Waals surface area contributed by atoms with Crippen LogP contribution in [0.4, 0.5) is 11.4 Å². The molecule has 0 spiro atoms. The minimum atomic E-state index is -4.68. The van der Waals surface area contributed by atoms with Gasteiger partial charge in [-0.15, -0.1) is 0 Å². The Balaban J connectivity index is 2.09. The third kappa shape index (κ3) is 3.50. The van der Waals surface area contributed by atoms with E-state index in [1.807, 2.05) is 0 Å². The number of rotatable bonds is 4. The number of hydrogen-bond donors (Lipinski definition) is 3. The Morgan fingerprint density at radius 3 is 2.50 bits per heavy atom. The van der Waals surface area contributed by atoms with Crippen LogP contribution in [0.5, 0.6) is 5.75 Å². The Labute approximate surface area is 159 Å². The SMILES string of the molecule is Cc1ccc(C(=O)Nc2cccc3ccc(S(=O)(=O)O)c(O)c23)cc1[N+](=O)[O-]. The van der Waals surface area contributed by atoms with Gasteiger partial charge in [0.15, 0.2) is 0 Å². The number of aromatic hydroxyl groups is 1. The predicted molar refractivity (Wildman–Crippen MR) is 101 cm³/mol. The molecule has 3 N–H and O–H groups in total. The van der Waals surface area contributed by atoms with Gasteiger partial charge in [0.2, 0.25) is 0 Å². The second-order valence-corrected chi connectivity index (χ2v) is 7.39. The van der Waals surface area contributed by atoms with Crippen molar-refractivity contribution < 1.29 is 27.8 Å². The van der Waals surface area contributed by atoms with E-state index >= 15 is 0 Å². The number of nitro benzene ring substituents is 1. The van der Waals surface area contributed by atoms with Crippen molar-refractivity contribution in [1.29, 1.82) is 0 Å². The Bertz CT molecular complexity index is 1240. The average Bonchev–Trinajstić information content (AvgIpc) is 2.61. The summed E-state index contributed by atoms with van der Waals surface area (Å²) in [4.78, 5) is 22.3. The summed E-state index contributed by atoms with van der Waals surface area (Å²) in [6, 6.07) is 11.0. The van der Waals surface area contributed by atoms with Gasteiger partial charge in [-0.2, -0.15) is 8.42 Å². The summed E-state index contributed by atoms with van der Waals surface area (Å²) in [6.45, 7) is 1.54. The van der Waals surface area contributed by atoms with E-state index in [1.165, 1.54) is 24.3 Å². The maximum atomic E-state index is 12.6. The summed E-state index contributed by atoms with van der Waals surface area (Å²) in [5, 5.41) is 24.3. The quantitative estimate of drug-likeness (QED) is 0.345. The molecule has 0 fully saturated rings. The first kappa shape index (κ1) is 19.3. The molecule has 3 aromatic carbocycles. The Hall–Kier alpha value is -3.50. The van der Waals surface area contributed by atoms with Gasteiger partial charge >= 0.3 is 0 Å². The monoisotopic (exact) mass is 402 g/mol. The molecule has 0 aromatic heterocycles. The van der Waals surface area contributed by atoms with Crippen molar-refractivity contribution in [3.05, 3.63) is 69.8 Å². The van der Waals surface area contributed by atoms with Crippen LogP contribution in [0.3, 0.4) is 0 Å². The lowest BCUT2D eigenvalue weighted by Crippen LogP contribution is -2.13. The first-order valence-electron chi connectivity index (χ1n) is 7.88. The van der Waals surface area contributed by atoms with E-state index in [0.717, 1.165) is 12.1 Å². The molecular weight excluding hydrogens is 388 g/mol. The molecule has 0 radical (unpaired) electrons. The number of fused-ring (bicyclic) bond motifs is 1. The molecular formula is C18H14N2O7S. The number of nitrogens with zero attached hydrogens (tertiary/aromatic N) is 1. The first-order valence-corrected chi connectivity index (χ1v) is 9.32. The van der Waals surface area contributed by atoms with Crippen molar-refractivity contribution in [1.82, 2.24) is 0 Å². The average molecular weight is 402 g/mol. The fourth-order valence-electron chi connectivity index (χ4n) is 2.80. The van der Waals surface area contributed by atoms with E-state index in [-0.39, 0.29) is 22.3 Å². The molecule has 0 aliphatic carbocycles. The van der Waals surface area contributed by atoms with Crippen molar-refractivity contribution in [2.75, 3.05) is 5.32 Å². The number of carbonyl (C=O) groups is 1. The highest BCUT2D eigenvalue weighted by Gasteiger charge is 2.21. The van der Waals surface area contributed by atoms with Crippen molar-refractivity contribution in [2.45, 2.75) is 11.8 Å². The fourth-order valence-corrected chi connectivity index (χ4v) is 3.38. The lowest BCUT2D eigenvalue weighted by atomic mass is 10.1. The zero-order valence-electron chi connectivity index (χ0n) is 14.4. The molecule has 28 heavy (non-hydrogen) atoms. The van der Waals surface area contributed by atoms with Crippen LogP contribution in [0.15, 0.2) is 53.4 Å². The molecule has 0 bridgehead atoms. The molecule has 9 nitrogen and oxygen atoms in total. The summed E-state index contributed by atoms with van der Waals surface area (Å²) in [7, 11) is -4.68. The van der Waals surface area contributed by atoms with E-state index in [1.54, 1.807) is 19.1 Å². The van der Waals surface area contributed by atoms with Crippen LogP contribution in [0.1, 0.15) is 15.9 Å². The Morgan fingerprint density at radius 1 is 1.14 bits per heavy atom. The number of amides is 1. The summed E-state index contributed by atoms with van der Waals surface area (Å²) < 4.78 is 32.1. The summed E-state index contributed by atoms with van der Waals surface area (Å²) >= 11 is 0. The molecule has 3 rings (SSSR count). The molecule has 3 aromatic rings. The summed E-state index contributed by atoms with van der Waals surface area (Å²) in [6.07, 6.45) is 0. The Morgan fingerprint density at radius 2 is 1.86 bits per heavy atom. The number of nitro groups is 1. The van der Waals surface area contributed by atoms with Crippen LogP contribution in [0.2, 0.25) is 0 Å². The zero-order chi connectivity index (χ0) is 20.6. The summed E-state index contributed by atoms with van der Waals surface area (Å²) in [5.41, 5.74) is 0.262. The smallest absolute Gasteiger partial charge is 0.298 e. The molecule has 0 saturated carbocycles. The third-order valence-corrected chi connectivity index (χ3v) is 5.06. The predicted octanol–water partition coefficient (Wildman–Crippen LogP) is 3.26. The number of benzene rings is 3. The highest BCUT2D eigenvalue weighted by atomic mass is 32.2. The largest absolute Gasteiger partial charge is 0.506 e. The van der Waals surface area contributed by atoms with E-state index in [4.69, 9.17) is 0 Å². The summed E-state index contributed by atoms with van der Waals surface area (Å²) in [5.74, 6) is -1.40. The number of anilines is 1. The molecule has 1 amide bonds. The van der Waals surface area contributed by atoms with Gasteiger partial charge in [-0.05, 0) is 30.5 Å². The van der Waals surface area contributed by atoms with Gasteiger partial charge in [-0.1, -0.05) is 24.3 Å². The number of nitrogens with one attached hydrogen (secondary N) is 1. The molecule has 0 atom stereocenters. The van der Waals surface area contributed by atoms with E-state index in [2.05, 4.69) is 5.32 Å². The van der Waals surface area contributed by atoms with Crippen molar-refractivity contribution >= 4 is 38.2 Å². The van der Waals surface area contributed by atoms with E-state index in [9.17, 15) is 33.0 Å². The normalized spacial score (nSPS) is 11.4. The van der Waals surface area contributed by atoms with Crippen LogP contribution in [0.25, 0.3) is 10.8 Å². The second-order valence-electron chi connectivity index (χ2n) is 6.00. The van der Waals surface area contributed by atoms with Gasteiger partial charge in [0.05, 0.1) is 10.6 Å². The van der Waals surface area contributed by atoms with E-state index < -0.39 is 31.6 Å². The number of hydrogen-bond acceptors (Lipinski definition) is 6. The van der Waals surface area contributed by atoms with Crippen molar-refractivity contribution in [3.63, 3.8) is 0 Å². The van der Waals surface area contributed by atoms with E-state index in [0.29, 0.717) is 10.9 Å².